The summed E-state index contributed by atoms with van der Waals surface area (Å²) in [5, 5.41) is 17.9. The van der Waals surface area contributed by atoms with E-state index in [2.05, 4.69) is 15.9 Å². The van der Waals surface area contributed by atoms with E-state index in [9.17, 15) is 23.1 Å². The number of alkyl halides is 3. The molecule has 26 heavy (non-hydrogen) atoms. The molecule has 1 atom stereocenters. The maximum atomic E-state index is 13.4. The van der Waals surface area contributed by atoms with Crippen molar-refractivity contribution in [1.82, 2.24) is 0 Å². The fraction of sp³-hybridized carbons (Fsp3) is 0.118. The maximum absolute atomic E-state index is 13.4. The minimum Gasteiger partial charge on any atom is -0.505 e. The largest absolute Gasteiger partial charge is 0.505 e. The molecule has 2 aromatic carbocycles. The summed E-state index contributed by atoms with van der Waals surface area (Å²) in [6, 6.07) is 6.05. The smallest absolute Gasteiger partial charge is 0.399 e. The van der Waals surface area contributed by atoms with Gasteiger partial charge < -0.3 is 10.2 Å². The van der Waals surface area contributed by atoms with Crippen LogP contribution in [-0.4, -0.2) is 22.4 Å². The maximum Gasteiger partial charge on any atom is 0.399 e. The molecule has 2 aromatic rings. The van der Waals surface area contributed by atoms with Crippen LogP contribution < -0.4 is 0 Å². The van der Waals surface area contributed by atoms with Crippen LogP contribution >= 0.6 is 39.1 Å². The molecule has 0 spiro atoms. The number of hydrogen-bond donors (Lipinski definition) is 2. The number of carbonyl (C=O) groups is 1. The zero-order valence-corrected chi connectivity index (χ0v) is 15.8. The van der Waals surface area contributed by atoms with Gasteiger partial charge in [-0.3, -0.25) is 0 Å². The van der Waals surface area contributed by atoms with Crippen LogP contribution in [0.3, 0.4) is 0 Å². The molecule has 0 bridgehead atoms. The molecule has 0 radical (unpaired) electrons. The third-order valence-corrected chi connectivity index (χ3v) is 4.69. The Balaban J connectivity index is 2.42. The average molecular weight is 470 g/mol. The summed E-state index contributed by atoms with van der Waals surface area (Å²) in [7, 11) is 0. The van der Waals surface area contributed by atoms with Gasteiger partial charge in [0, 0.05) is 4.47 Å². The van der Waals surface area contributed by atoms with Crippen molar-refractivity contribution in [2.75, 3.05) is 0 Å². The van der Waals surface area contributed by atoms with E-state index >= 15 is 0 Å². The van der Waals surface area contributed by atoms with Crippen molar-refractivity contribution >= 4 is 51.2 Å². The summed E-state index contributed by atoms with van der Waals surface area (Å²) in [4.78, 5) is 11.0. The Kier molecular flexibility index (Phi) is 6.26. The van der Waals surface area contributed by atoms with Crippen LogP contribution in [0.4, 0.5) is 13.2 Å². The molecule has 9 heteroatoms. The number of carboxylic acid groups (broad SMARTS) is 1. The number of rotatable bonds is 4. The van der Waals surface area contributed by atoms with Crippen molar-refractivity contribution < 1.29 is 28.2 Å². The van der Waals surface area contributed by atoms with Gasteiger partial charge in [-0.25, -0.2) is 4.79 Å². The molecule has 0 aromatic heterocycles. The lowest BCUT2D eigenvalue weighted by molar-refractivity contribution is -0.139. The molecular weight excluding hydrogens is 460 g/mol. The quantitative estimate of drug-likeness (QED) is 0.535. The van der Waals surface area contributed by atoms with Crippen LogP contribution in [0.5, 0.6) is 5.75 Å². The van der Waals surface area contributed by atoms with Gasteiger partial charge in [0.15, 0.2) is 5.75 Å². The van der Waals surface area contributed by atoms with Gasteiger partial charge in [0.1, 0.15) is 0 Å². The Bertz CT molecular complexity index is 859. The lowest BCUT2D eigenvalue weighted by Crippen LogP contribution is -2.19. The molecule has 3 nitrogen and oxygen atoms in total. The first-order chi connectivity index (χ1) is 12.0. The minimum atomic E-state index is -4.63. The van der Waals surface area contributed by atoms with Crippen molar-refractivity contribution in [3.8, 4) is 5.75 Å². The molecule has 0 amide bonds. The number of halogens is 6. The van der Waals surface area contributed by atoms with Crippen LogP contribution in [0.1, 0.15) is 27.4 Å². The lowest BCUT2D eigenvalue weighted by atomic mass is 9.96. The van der Waals surface area contributed by atoms with Gasteiger partial charge in [-0.05, 0) is 51.3 Å². The monoisotopic (exact) mass is 468 g/mol. The van der Waals surface area contributed by atoms with Crippen LogP contribution in [-0.2, 0) is 0 Å². The number of aromatic carboxylic acids is 1. The number of phenolic OH excluding ortho intramolecular Hbond substituents is 1. The molecular formula is C17H10BrCl2F3O3. The zero-order chi connectivity index (χ0) is 19.6. The van der Waals surface area contributed by atoms with E-state index in [0.717, 1.165) is 18.2 Å². The van der Waals surface area contributed by atoms with E-state index in [0.29, 0.717) is 5.56 Å². The third-order valence-electron chi connectivity index (χ3n) is 3.46. The number of hydrogen-bond acceptors (Lipinski definition) is 2. The summed E-state index contributed by atoms with van der Waals surface area (Å²) >= 11 is 14.5. The number of aromatic hydroxyl groups is 1. The Hall–Kier alpha value is -1.70. The molecule has 0 aliphatic heterocycles. The van der Waals surface area contributed by atoms with Crippen LogP contribution in [0.15, 0.2) is 40.9 Å². The fourth-order valence-electron chi connectivity index (χ4n) is 2.19. The summed E-state index contributed by atoms with van der Waals surface area (Å²) in [5.74, 6) is -3.67. The Morgan fingerprint density at radius 1 is 1.15 bits per heavy atom. The Morgan fingerprint density at radius 2 is 1.73 bits per heavy atom. The predicted molar refractivity (Wildman–Crippen MR) is 97.1 cm³/mol. The summed E-state index contributed by atoms with van der Waals surface area (Å²) < 4.78 is 40.5. The van der Waals surface area contributed by atoms with Crippen LogP contribution in [0.2, 0.25) is 10.0 Å². The molecule has 2 rings (SSSR count). The fourth-order valence-corrected chi connectivity index (χ4v) is 3.26. The third kappa shape index (κ3) is 4.72. The molecule has 2 N–H and O–H groups in total. The zero-order valence-electron chi connectivity index (χ0n) is 12.7. The average Bonchev–Trinajstić information content (AvgIpc) is 2.51. The van der Waals surface area contributed by atoms with Gasteiger partial charge in [-0.1, -0.05) is 41.4 Å². The standard InChI is InChI=1S/C17H10BrCl2F3O3/c18-12-5-8(1-3-10(12)16(25)26)2-4-11(17(21,22)23)9-6-13(19)15(24)14(20)7-9/h1-7,11,24H,(H,25,26). The van der Waals surface area contributed by atoms with E-state index in [1.165, 1.54) is 24.3 Å². The number of allylic oxidation sites excluding steroid dienone is 1. The van der Waals surface area contributed by atoms with Crippen molar-refractivity contribution in [2.24, 2.45) is 0 Å². The highest BCUT2D eigenvalue weighted by Gasteiger charge is 2.39. The van der Waals surface area contributed by atoms with E-state index in [1.54, 1.807) is 0 Å². The number of benzene rings is 2. The Labute approximate surface area is 164 Å². The number of carboxylic acids is 1. The molecule has 0 heterocycles. The minimum absolute atomic E-state index is 0.00776. The van der Waals surface area contributed by atoms with Crippen molar-refractivity contribution in [1.29, 1.82) is 0 Å². The SMILES string of the molecule is O=C(O)c1ccc(C=CC(c2cc(Cl)c(O)c(Cl)c2)C(F)(F)F)cc1Br. The predicted octanol–water partition coefficient (Wildman–Crippen LogP) is 6.52. The highest BCUT2D eigenvalue weighted by atomic mass is 79.9. The summed E-state index contributed by atoms with van der Waals surface area (Å²) in [6.45, 7) is 0. The first kappa shape index (κ1) is 20.6. The van der Waals surface area contributed by atoms with Crippen molar-refractivity contribution in [3.63, 3.8) is 0 Å². The second kappa shape index (κ2) is 7.90. The molecule has 0 fully saturated rings. The van der Waals surface area contributed by atoms with E-state index < -0.39 is 23.8 Å². The van der Waals surface area contributed by atoms with E-state index in [4.69, 9.17) is 28.3 Å². The highest BCUT2D eigenvalue weighted by molar-refractivity contribution is 9.10. The lowest BCUT2D eigenvalue weighted by Gasteiger charge is -2.18. The molecule has 0 saturated heterocycles. The van der Waals surface area contributed by atoms with Gasteiger partial charge in [-0.15, -0.1) is 0 Å². The van der Waals surface area contributed by atoms with Gasteiger partial charge in [-0.2, -0.15) is 13.2 Å². The second-order valence-corrected chi connectivity index (χ2v) is 6.92. The van der Waals surface area contributed by atoms with E-state index in [1.807, 2.05) is 0 Å². The highest BCUT2D eigenvalue weighted by Crippen LogP contribution is 2.41. The summed E-state index contributed by atoms with van der Waals surface area (Å²) in [6.07, 6.45) is -2.51. The van der Waals surface area contributed by atoms with Gasteiger partial charge in [0.05, 0.1) is 21.5 Å². The summed E-state index contributed by atoms with van der Waals surface area (Å²) in [5.41, 5.74) is 0.126. The van der Waals surface area contributed by atoms with Crippen LogP contribution in [0.25, 0.3) is 6.08 Å². The normalized spacial score (nSPS) is 13.2. The van der Waals surface area contributed by atoms with Gasteiger partial charge in [0.2, 0.25) is 0 Å². The Morgan fingerprint density at radius 3 is 2.19 bits per heavy atom. The second-order valence-electron chi connectivity index (χ2n) is 5.26. The van der Waals surface area contributed by atoms with Crippen molar-refractivity contribution in [3.05, 3.63) is 67.6 Å². The van der Waals surface area contributed by atoms with E-state index in [-0.39, 0.29) is 25.6 Å². The number of phenols is 1. The molecule has 0 saturated carbocycles. The molecule has 138 valence electrons. The first-order valence-corrected chi connectivity index (χ1v) is 8.51. The van der Waals surface area contributed by atoms with Crippen LogP contribution in [0, 0.1) is 0 Å². The molecule has 1 unspecified atom stereocenters. The molecule has 0 aliphatic carbocycles. The topological polar surface area (TPSA) is 57.5 Å². The van der Waals surface area contributed by atoms with Gasteiger partial charge >= 0.3 is 12.1 Å². The van der Waals surface area contributed by atoms with Gasteiger partial charge in [0.25, 0.3) is 0 Å². The molecule has 0 aliphatic rings. The first-order valence-electron chi connectivity index (χ1n) is 6.96. The van der Waals surface area contributed by atoms with Crippen molar-refractivity contribution in [2.45, 2.75) is 12.1 Å².